The number of hydrogen-bond donors (Lipinski definition) is 3. The van der Waals surface area contributed by atoms with Gasteiger partial charge in [0.05, 0.1) is 18.8 Å². The molecule has 0 aromatic carbocycles. The van der Waals surface area contributed by atoms with Crippen LogP contribution in [0.2, 0.25) is 0 Å². The second-order valence-electron chi connectivity index (χ2n) is 2.11. The van der Waals surface area contributed by atoms with Crippen molar-refractivity contribution in [3.8, 4) is 0 Å². The van der Waals surface area contributed by atoms with Crippen molar-refractivity contribution in [3.05, 3.63) is 12.2 Å². The van der Waals surface area contributed by atoms with Crippen molar-refractivity contribution in [1.29, 1.82) is 0 Å². The molecule has 0 saturated carbocycles. The van der Waals surface area contributed by atoms with Gasteiger partial charge in [0.15, 0.2) is 0 Å². The van der Waals surface area contributed by atoms with Crippen LogP contribution < -0.4 is 0 Å². The Balaban J connectivity index is 3.52. The molecule has 0 aliphatic rings. The lowest BCUT2D eigenvalue weighted by molar-refractivity contribution is 0.129. The Hall–Kier alpha value is -0.380. The van der Waals surface area contributed by atoms with E-state index in [9.17, 15) is 0 Å². The van der Waals surface area contributed by atoms with Gasteiger partial charge in [-0.25, -0.2) is 0 Å². The van der Waals surface area contributed by atoms with E-state index in [-0.39, 0.29) is 6.61 Å². The van der Waals surface area contributed by atoms with Crippen LogP contribution >= 0.6 is 0 Å². The highest BCUT2D eigenvalue weighted by molar-refractivity contribution is 4.92. The van der Waals surface area contributed by atoms with E-state index in [0.29, 0.717) is 6.42 Å². The number of aliphatic hydroxyl groups excluding tert-OH is 3. The molecule has 3 nitrogen and oxygen atoms in total. The van der Waals surface area contributed by atoms with Crippen LogP contribution in [0.25, 0.3) is 0 Å². The van der Waals surface area contributed by atoms with Crippen LogP contribution in [0.3, 0.4) is 0 Å². The van der Waals surface area contributed by atoms with Crippen molar-refractivity contribution < 1.29 is 15.3 Å². The predicted molar refractivity (Wildman–Crippen MR) is 38.5 cm³/mol. The number of rotatable bonds is 4. The first-order valence-electron chi connectivity index (χ1n) is 3.36. The predicted octanol–water partition coefficient (Wildman–Crippen LogP) is -0.333. The Labute approximate surface area is 60.6 Å². The molecule has 0 aliphatic heterocycles. The average Bonchev–Trinajstić information content (AvgIpc) is 1.99. The Kier molecular flexibility index (Phi) is 5.20. The summed E-state index contributed by atoms with van der Waals surface area (Å²) in [7, 11) is 0. The minimum atomic E-state index is -0.846. The van der Waals surface area contributed by atoms with Gasteiger partial charge < -0.3 is 15.3 Å². The van der Waals surface area contributed by atoms with Crippen molar-refractivity contribution in [3.63, 3.8) is 0 Å². The minimum Gasteiger partial charge on any atom is -0.393 e. The lowest BCUT2D eigenvalue weighted by Gasteiger charge is -2.01. The van der Waals surface area contributed by atoms with Gasteiger partial charge in [0.2, 0.25) is 0 Å². The first-order valence-corrected chi connectivity index (χ1v) is 3.36. The van der Waals surface area contributed by atoms with E-state index in [2.05, 4.69) is 0 Å². The summed E-state index contributed by atoms with van der Waals surface area (Å²) in [5, 5.41) is 26.0. The fourth-order valence-corrected chi connectivity index (χ4v) is 0.453. The minimum absolute atomic E-state index is 0.299. The van der Waals surface area contributed by atoms with Crippen LogP contribution in [-0.4, -0.2) is 34.1 Å². The molecule has 3 heteroatoms. The van der Waals surface area contributed by atoms with Gasteiger partial charge in [0.1, 0.15) is 0 Å². The van der Waals surface area contributed by atoms with Gasteiger partial charge >= 0.3 is 0 Å². The molecule has 0 spiro atoms. The molecule has 0 aromatic rings. The smallest absolute Gasteiger partial charge is 0.0952 e. The maximum absolute atomic E-state index is 8.92. The number of hydrogen-bond acceptors (Lipinski definition) is 3. The maximum atomic E-state index is 8.92. The van der Waals surface area contributed by atoms with Gasteiger partial charge in [-0.1, -0.05) is 19.1 Å². The molecule has 0 saturated heterocycles. The zero-order valence-electron chi connectivity index (χ0n) is 6.07. The van der Waals surface area contributed by atoms with Crippen LogP contribution in [0.4, 0.5) is 0 Å². The van der Waals surface area contributed by atoms with Crippen LogP contribution in [0, 0.1) is 0 Å². The second-order valence-corrected chi connectivity index (χ2v) is 2.11. The third-order valence-corrected chi connectivity index (χ3v) is 1.16. The van der Waals surface area contributed by atoms with E-state index in [4.69, 9.17) is 15.3 Å². The molecule has 0 heterocycles. The maximum Gasteiger partial charge on any atom is 0.0952 e. The lowest BCUT2D eigenvalue weighted by atomic mass is 10.2. The van der Waals surface area contributed by atoms with Gasteiger partial charge in [-0.2, -0.15) is 0 Å². The molecule has 2 unspecified atom stereocenters. The Morgan fingerprint density at radius 3 is 2.10 bits per heavy atom. The van der Waals surface area contributed by atoms with E-state index in [1.165, 1.54) is 12.2 Å². The summed E-state index contributed by atoms with van der Waals surface area (Å²) in [6.45, 7) is 1.53. The molecule has 0 fully saturated rings. The molecular formula is C7H14O3. The SMILES string of the molecule is CCC(O)/C=C/C(O)CO. The van der Waals surface area contributed by atoms with E-state index >= 15 is 0 Å². The third-order valence-electron chi connectivity index (χ3n) is 1.16. The monoisotopic (exact) mass is 146 g/mol. The van der Waals surface area contributed by atoms with Crippen molar-refractivity contribution in [2.24, 2.45) is 0 Å². The molecule has 0 aromatic heterocycles. The molecule has 0 aliphatic carbocycles. The molecular weight excluding hydrogens is 132 g/mol. The van der Waals surface area contributed by atoms with Gasteiger partial charge in [-0.05, 0) is 6.42 Å². The fraction of sp³-hybridized carbons (Fsp3) is 0.714. The van der Waals surface area contributed by atoms with Gasteiger partial charge in [-0.15, -0.1) is 0 Å². The highest BCUT2D eigenvalue weighted by Crippen LogP contribution is 1.93. The van der Waals surface area contributed by atoms with E-state index in [1.54, 1.807) is 0 Å². The molecule has 0 bridgehead atoms. The van der Waals surface area contributed by atoms with E-state index in [1.807, 2.05) is 6.92 Å². The molecule has 0 radical (unpaired) electrons. The first kappa shape index (κ1) is 9.62. The van der Waals surface area contributed by atoms with Crippen LogP contribution in [-0.2, 0) is 0 Å². The van der Waals surface area contributed by atoms with Crippen molar-refractivity contribution in [2.45, 2.75) is 25.6 Å². The summed E-state index contributed by atoms with van der Waals surface area (Å²) in [5.74, 6) is 0. The summed E-state index contributed by atoms with van der Waals surface area (Å²) >= 11 is 0. The molecule has 10 heavy (non-hydrogen) atoms. The largest absolute Gasteiger partial charge is 0.393 e. The van der Waals surface area contributed by atoms with E-state index in [0.717, 1.165) is 0 Å². The summed E-state index contributed by atoms with van der Waals surface area (Å²) in [5.41, 5.74) is 0. The second kappa shape index (κ2) is 5.41. The zero-order chi connectivity index (χ0) is 7.98. The van der Waals surface area contributed by atoms with Gasteiger partial charge in [0.25, 0.3) is 0 Å². The third kappa shape index (κ3) is 4.49. The highest BCUT2D eigenvalue weighted by Gasteiger charge is 1.96. The Bertz CT molecular complexity index is 89.0. The van der Waals surface area contributed by atoms with Crippen molar-refractivity contribution >= 4 is 0 Å². The zero-order valence-corrected chi connectivity index (χ0v) is 6.07. The topological polar surface area (TPSA) is 60.7 Å². The summed E-state index contributed by atoms with van der Waals surface area (Å²) in [4.78, 5) is 0. The average molecular weight is 146 g/mol. The molecule has 0 rings (SSSR count). The molecule has 60 valence electrons. The summed E-state index contributed by atoms with van der Waals surface area (Å²) in [6.07, 6.45) is 2.12. The Morgan fingerprint density at radius 1 is 1.20 bits per heavy atom. The van der Waals surface area contributed by atoms with Crippen LogP contribution in [0.15, 0.2) is 12.2 Å². The standard InChI is InChI=1S/C7H14O3/c1-2-6(9)3-4-7(10)5-8/h3-4,6-10H,2,5H2,1H3/b4-3+. The summed E-state index contributed by atoms with van der Waals surface area (Å²) in [6, 6.07) is 0. The quantitative estimate of drug-likeness (QED) is 0.476. The molecule has 0 amide bonds. The molecule has 3 N–H and O–H groups in total. The van der Waals surface area contributed by atoms with Crippen LogP contribution in [0.1, 0.15) is 13.3 Å². The van der Waals surface area contributed by atoms with Crippen molar-refractivity contribution in [2.75, 3.05) is 6.61 Å². The lowest BCUT2D eigenvalue weighted by Crippen LogP contribution is -2.09. The normalized spacial score (nSPS) is 17.6. The first-order chi connectivity index (χ1) is 4.70. The highest BCUT2D eigenvalue weighted by atomic mass is 16.3. The number of aliphatic hydroxyl groups is 3. The van der Waals surface area contributed by atoms with Crippen LogP contribution in [0.5, 0.6) is 0 Å². The van der Waals surface area contributed by atoms with Gasteiger partial charge in [0, 0.05) is 0 Å². The Morgan fingerprint density at radius 2 is 1.70 bits per heavy atom. The molecule has 2 atom stereocenters. The fourth-order valence-electron chi connectivity index (χ4n) is 0.453. The van der Waals surface area contributed by atoms with Gasteiger partial charge in [-0.3, -0.25) is 0 Å². The van der Waals surface area contributed by atoms with Crippen molar-refractivity contribution in [1.82, 2.24) is 0 Å². The van der Waals surface area contributed by atoms with E-state index < -0.39 is 12.2 Å². The summed E-state index contributed by atoms with van der Waals surface area (Å²) < 4.78 is 0.